The average molecular weight is 336 g/mol. The van der Waals surface area contributed by atoms with Gasteiger partial charge in [-0.15, -0.1) is 0 Å². The molecule has 2 heteroatoms. The minimum Gasteiger partial charge on any atom is -0.247 e. The Labute approximate surface area is 151 Å². The first-order valence-electron chi connectivity index (χ1n) is 10.9. The Kier molecular flexibility index (Phi) is 12.9. The Morgan fingerprint density at radius 3 is 1.83 bits per heavy atom. The van der Waals surface area contributed by atoms with Crippen molar-refractivity contribution >= 4 is 0 Å². The summed E-state index contributed by atoms with van der Waals surface area (Å²) in [6.07, 6.45) is 24.1. The van der Waals surface area contributed by atoms with E-state index in [9.17, 15) is 0 Å². The maximum absolute atomic E-state index is 3.46. The Balaban J connectivity index is 1.97. The van der Waals surface area contributed by atoms with Crippen molar-refractivity contribution < 1.29 is 4.57 Å². The third-order valence-corrected chi connectivity index (χ3v) is 5.42. The molecule has 0 aliphatic heterocycles. The highest BCUT2D eigenvalue weighted by molar-refractivity contribution is 4.89. The van der Waals surface area contributed by atoms with Crippen LogP contribution in [0, 0.1) is 0 Å². The SMILES string of the molecule is CCCCCCCCCCCCCC[C@H](CC)c1[nH]cc[n+]1CC. The van der Waals surface area contributed by atoms with E-state index in [0.29, 0.717) is 5.92 Å². The predicted octanol–water partition coefficient (Wildman–Crippen LogP) is 6.91. The Bertz CT molecular complexity index is 383. The van der Waals surface area contributed by atoms with Crippen LogP contribution in [0.3, 0.4) is 0 Å². The van der Waals surface area contributed by atoms with Gasteiger partial charge in [0.1, 0.15) is 12.4 Å². The third-order valence-electron chi connectivity index (χ3n) is 5.42. The third kappa shape index (κ3) is 8.89. The van der Waals surface area contributed by atoms with E-state index in [1.807, 2.05) is 0 Å². The summed E-state index contributed by atoms with van der Waals surface area (Å²) < 4.78 is 2.37. The Morgan fingerprint density at radius 2 is 1.33 bits per heavy atom. The molecule has 1 atom stereocenters. The van der Waals surface area contributed by atoms with Crippen LogP contribution in [0.25, 0.3) is 0 Å². The summed E-state index contributed by atoms with van der Waals surface area (Å²) >= 11 is 0. The summed E-state index contributed by atoms with van der Waals surface area (Å²) in [4.78, 5) is 3.46. The highest BCUT2D eigenvalue weighted by Gasteiger charge is 2.19. The molecule has 1 rings (SSSR count). The molecule has 1 aromatic rings. The topological polar surface area (TPSA) is 19.7 Å². The van der Waals surface area contributed by atoms with Gasteiger partial charge in [-0.05, 0) is 19.8 Å². The van der Waals surface area contributed by atoms with Crippen molar-refractivity contribution in [2.45, 2.75) is 123 Å². The fraction of sp³-hybridized carbons (Fsp3) is 0.864. The van der Waals surface area contributed by atoms with Crippen molar-refractivity contribution in [1.82, 2.24) is 4.98 Å². The molecule has 0 aromatic carbocycles. The number of rotatable bonds is 16. The van der Waals surface area contributed by atoms with Gasteiger partial charge in [0, 0.05) is 0 Å². The lowest BCUT2D eigenvalue weighted by Gasteiger charge is -2.11. The molecule has 24 heavy (non-hydrogen) atoms. The molecule has 0 spiro atoms. The number of aromatic nitrogens is 2. The molecule has 2 nitrogen and oxygen atoms in total. The number of unbranched alkanes of at least 4 members (excludes halogenated alkanes) is 11. The lowest BCUT2D eigenvalue weighted by molar-refractivity contribution is -0.701. The van der Waals surface area contributed by atoms with Crippen LogP contribution in [0.15, 0.2) is 12.4 Å². The van der Waals surface area contributed by atoms with Crippen LogP contribution in [0.1, 0.15) is 122 Å². The van der Waals surface area contributed by atoms with E-state index < -0.39 is 0 Å². The smallest absolute Gasteiger partial charge is 0.247 e. The molecule has 1 heterocycles. The number of nitrogens with zero attached hydrogens (tertiary/aromatic N) is 1. The molecule has 0 aliphatic rings. The zero-order valence-electron chi connectivity index (χ0n) is 16.8. The molecule has 0 saturated carbocycles. The van der Waals surface area contributed by atoms with Crippen molar-refractivity contribution in [2.24, 2.45) is 0 Å². The normalized spacial score (nSPS) is 12.6. The van der Waals surface area contributed by atoms with Gasteiger partial charge in [0.05, 0.1) is 12.5 Å². The molecule has 0 unspecified atom stereocenters. The molecular formula is C22H43N2+. The standard InChI is InChI=1S/C22H42N2/c1-4-7-8-9-10-11-12-13-14-15-16-17-18-21(5-2)22-23-19-20-24(22)6-3/h19-21H,4-18H2,1-3H3/p+1/t21-/m0/s1. The van der Waals surface area contributed by atoms with Gasteiger partial charge in [0.2, 0.25) is 0 Å². The van der Waals surface area contributed by atoms with Gasteiger partial charge in [0.25, 0.3) is 5.82 Å². The Hall–Kier alpha value is -0.790. The van der Waals surface area contributed by atoms with E-state index in [4.69, 9.17) is 0 Å². The maximum Gasteiger partial charge on any atom is 0.257 e. The first kappa shape index (κ1) is 21.3. The van der Waals surface area contributed by atoms with Crippen molar-refractivity contribution in [3.63, 3.8) is 0 Å². The second kappa shape index (κ2) is 14.5. The lowest BCUT2D eigenvalue weighted by atomic mass is 9.96. The predicted molar refractivity (Wildman–Crippen MR) is 105 cm³/mol. The highest BCUT2D eigenvalue weighted by Crippen LogP contribution is 2.22. The van der Waals surface area contributed by atoms with Gasteiger partial charge < -0.3 is 0 Å². The van der Waals surface area contributed by atoms with E-state index >= 15 is 0 Å². The number of H-pyrrole nitrogens is 1. The fourth-order valence-electron chi connectivity index (χ4n) is 3.77. The summed E-state index contributed by atoms with van der Waals surface area (Å²) in [7, 11) is 0. The summed E-state index contributed by atoms with van der Waals surface area (Å²) in [6, 6.07) is 0. The molecule has 0 aliphatic carbocycles. The van der Waals surface area contributed by atoms with Crippen LogP contribution in [0.4, 0.5) is 0 Å². The van der Waals surface area contributed by atoms with E-state index in [0.717, 1.165) is 6.54 Å². The molecule has 0 bridgehead atoms. The monoisotopic (exact) mass is 335 g/mol. The second-order valence-electron chi connectivity index (χ2n) is 7.41. The first-order chi connectivity index (χ1) is 11.8. The van der Waals surface area contributed by atoms with Crippen LogP contribution in [-0.4, -0.2) is 4.98 Å². The van der Waals surface area contributed by atoms with Crippen molar-refractivity contribution in [3.8, 4) is 0 Å². The largest absolute Gasteiger partial charge is 0.257 e. The van der Waals surface area contributed by atoms with Crippen molar-refractivity contribution in [3.05, 3.63) is 18.2 Å². The fourth-order valence-corrected chi connectivity index (χ4v) is 3.77. The molecule has 1 aromatic heterocycles. The van der Waals surface area contributed by atoms with Gasteiger partial charge >= 0.3 is 0 Å². The Morgan fingerprint density at radius 1 is 0.792 bits per heavy atom. The van der Waals surface area contributed by atoms with E-state index in [-0.39, 0.29) is 0 Å². The summed E-state index contributed by atoms with van der Waals surface area (Å²) in [5, 5.41) is 0. The quantitative estimate of drug-likeness (QED) is 0.250. The minimum atomic E-state index is 0.711. The van der Waals surface area contributed by atoms with Gasteiger partial charge in [-0.1, -0.05) is 90.9 Å². The highest BCUT2D eigenvalue weighted by atomic mass is 15.1. The molecule has 1 N–H and O–H groups in total. The number of hydrogen-bond acceptors (Lipinski definition) is 0. The van der Waals surface area contributed by atoms with Crippen LogP contribution in [0.2, 0.25) is 0 Å². The van der Waals surface area contributed by atoms with Crippen LogP contribution < -0.4 is 4.57 Å². The second-order valence-corrected chi connectivity index (χ2v) is 7.41. The van der Waals surface area contributed by atoms with Gasteiger partial charge in [0.15, 0.2) is 0 Å². The van der Waals surface area contributed by atoms with E-state index in [1.54, 1.807) is 0 Å². The van der Waals surface area contributed by atoms with E-state index in [1.165, 1.54) is 95.7 Å². The van der Waals surface area contributed by atoms with Crippen molar-refractivity contribution in [1.29, 1.82) is 0 Å². The lowest BCUT2D eigenvalue weighted by Crippen LogP contribution is -2.36. The molecule has 0 fully saturated rings. The number of hydrogen-bond donors (Lipinski definition) is 1. The first-order valence-corrected chi connectivity index (χ1v) is 10.9. The van der Waals surface area contributed by atoms with Crippen LogP contribution in [-0.2, 0) is 6.54 Å². The number of aryl methyl sites for hydroxylation is 1. The van der Waals surface area contributed by atoms with Gasteiger partial charge in [-0.3, -0.25) is 0 Å². The summed E-state index contributed by atoms with van der Waals surface area (Å²) in [5.74, 6) is 2.14. The summed E-state index contributed by atoms with van der Waals surface area (Å²) in [6.45, 7) is 7.93. The minimum absolute atomic E-state index is 0.711. The average Bonchev–Trinajstić information content (AvgIpc) is 3.07. The van der Waals surface area contributed by atoms with Crippen molar-refractivity contribution in [2.75, 3.05) is 0 Å². The number of aromatic amines is 1. The van der Waals surface area contributed by atoms with Crippen LogP contribution >= 0.6 is 0 Å². The van der Waals surface area contributed by atoms with Gasteiger partial charge in [-0.2, -0.15) is 0 Å². The zero-order valence-corrected chi connectivity index (χ0v) is 16.8. The molecular weight excluding hydrogens is 292 g/mol. The van der Waals surface area contributed by atoms with E-state index in [2.05, 4.69) is 42.7 Å². The molecule has 0 amide bonds. The zero-order chi connectivity index (χ0) is 17.5. The maximum atomic E-state index is 3.46. The number of nitrogens with one attached hydrogen (secondary N) is 1. The summed E-state index contributed by atoms with van der Waals surface area (Å²) in [5.41, 5.74) is 0. The molecule has 0 saturated heterocycles. The molecule has 0 radical (unpaired) electrons. The number of imidazole rings is 1. The van der Waals surface area contributed by atoms with Gasteiger partial charge in [-0.25, -0.2) is 9.55 Å². The van der Waals surface area contributed by atoms with Crippen LogP contribution in [0.5, 0.6) is 0 Å². The molecule has 140 valence electrons.